The van der Waals surface area contributed by atoms with E-state index in [1.165, 1.54) is 0 Å². The summed E-state index contributed by atoms with van der Waals surface area (Å²) in [4.78, 5) is 23.9. The van der Waals surface area contributed by atoms with Crippen molar-refractivity contribution in [1.29, 1.82) is 0 Å². The Labute approximate surface area is 142 Å². The fourth-order valence-electron chi connectivity index (χ4n) is 2.70. The maximum atomic E-state index is 12.0. The summed E-state index contributed by atoms with van der Waals surface area (Å²) in [6, 6.07) is 7.04. The molecule has 0 spiro atoms. The highest BCUT2D eigenvalue weighted by atomic mass is 32.2. The molecule has 0 bridgehead atoms. The van der Waals surface area contributed by atoms with Gasteiger partial charge in [0, 0.05) is 0 Å². The van der Waals surface area contributed by atoms with E-state index in [2.05, 4.69) is 19.2 Å². The molecule has 1 aromatic carbocycles. The van der Waals surface area contributed by atoms with Crippen LogP contribution in [-0.4, -0.2) is 43.9 Å². The molecule has 0 aromatic heterocycles. The molecule has 0 aliphatic carbocycles. The van der Waals surface area contributed by atoms with Crippen molar-refractivity contribution in [1.82, 2.24) is 5.32 Å². The van der Waals surface area contributed by atoms with Gasteiger partial charge in [0.05, 0.1) is 22.6 Å². The van der Waals surface area contributed by atoms with E-state index in [4.69, 9.17) is 4.74 Å². The first-order valence-electron chi connectivity index (χ1n) is 7.89. The van der Waals surface area contributed by atoms with E-state index in [1.807, 2.05) is 12.1 Å². The van der Waals surface area contributed by atoms with Crippen LogP contribution in [-0.2, 0) is 19.4 Å². The van der Waals surface area contributed by atoms with Gasteiger partial charge in [0.1, 0.15) is 0 Å². The summed E-state index contributed by atoms with van der Waals surface area (Å²) in [5.41, 5.74) is 0.697. The predicted octanol–water partition coefficient (Wildman–Crippen LogP) is 1.66. The average Bonchev–Trinajstić information content (AvgIpc) is 2.78. The summed E-state index contributed by atoms with van der Waals surface area (Å²) in [5.74, 6) is -0.738. The highest BCUT2D eigenvalue weighted by Crippen LogP contribution is 2.22. The summed E-state index contributed by atoms with van der Waals surface area (Å²) in [6.45, 7) is 5.37. The van der Waals surface area contributed by atoms with Crippen LogP contribution in [0.5, 0.6) is 0 Å². The molecule has 1 amide bonds. The monoisotopic (exact) mass is 353 g/mol. The summed E-state index contributed by atoms with van der Waals surface area (Å²) < 4.78 is 28.0. The third-order valence-electron chi connectivity index (χ3n) is 4.09. The molecular weight excluding hydrogens is 330 g/mol. The zero-order chi connectivity index (χ0) is 18.0. The lowest BCUT2D eigenvalue weighted by Gasteiger charge is -2.23. The second-order valence-corrected chi connectivity index (χ2v) is 8.99. The van der Waals surface area contributed by atoms with Gasteiger partial charge in [-0.05, 0) is 37.0 Å². The summed E-state index contributed by atoms with van der Waals surface area (Å²) in [7, 11) is -3.11. The van der Waals surface area contributed by atoms with E-state index in [9.17, 15) is 18.0 Å². The summed E-state index contributed by atoms with van der Waals surface area (Å²) >= 11 is 0. The molecule has 1 atom stereocenters. The number of nitrogens with one attached hydrogen (secondary N) is 1. The van der Waals surface area contributed by atoms with Crippen LogP contribution >= 0.6 is 0 Å². The van der Waals surface area contributed by atoms with Crippen molar-refractivity contribution in [2.45, 2.75) is 38.6 Å². The Morgan fingerprint density at radius 3 is 2.38 bits per heavy atom. The molecule has 0 saturated carbocycles. The molecule has 7 heteroatoms. The smallest absolute Gasteiger partial charge is 0.338 e. The van der Waals surface area contributed by atoms with Crippen molar-refractivity contribution in [2.75, 3.05) is 18.1 Å². The van der Waals surface area contributed by atoms with E-state index < -0.39 is 33.9 Å². The number of ether oxygens (including phenoxy) is 1. The molecule has 1 fully saturated rings. The topological polar surface area (TPSA) is 89.5 Å². The molecule has 132 valence electrons. The Balaban J connectivity index is 1.86. The highest BCUT2D eigenvalue weighted by molar-refractivity contribution is 7.91. The van der Waals surface area contributed by atoms with Gasteiger partial charge in [-0.25, -0.2) is 13.2 Å². The molecule has 1 saturated heterocycles. The number of hydrogen-bond donors (Lipinski definition) is 1. The summed E-state index contributed by atoms with van der Waals surface area (Å²) in [5, 5.41) is 2.65. The molecule has 2 rings (SSSR count). The van der Waals surface area contributed by atoms with Crippen molar-refractivity contribution in [3.05, 3.63) is 35.4 Å². The van der Waals surface area contributed by atoms with E-state index in [0.29, 0.717) is 17.9 Å². The number of esters is 1. The van der Waals surface area contributed by atoms with Crippen LogP contribution in [0, 0.1) is 0 Å². The van der Waals surface area contributed by atoms with Gasteiger partial charge in [-0.2, -0.15) is 0 Å². The Morgan fingerprint density at radius 1 is 1.25 bits per heavy atom. The van der Waals surface area contributed by atoms with Crippen LogP contribution in [0.3, 0.4) is 0 Å². The molecule has 1 aromatic rings. The third-order valence-corrected chi connectivity index (χ3v) is 6.00. The van der Waals surface area contributed by atoms with Crippen LogP contribution in [0.15, 0.2) is 24.3 Å². The number of benzene rings is 1. The number of sulfone groups is 1. The minimum atomic E-state index is -3.11. The molecule has 1 heterocycles. The lowest BCUT2D eigenvalue weighted by Crippen LogP contribution is -2.48. The molecule has 1 aliphatic heterocycles. The molecule has 1 N–H and O–H groups in total. The first kappa shape index (κ1) is 18.4. The molecule has 6 nitrogen and oxygen atoms in total. The fraction of sp³-hybridized carbons (Fsp3) is 0.529. The Bertz CT molecular complexity index is 724. The molecule has 1 unspecified atom stereocenters. The third kappa shape index (κ3) is 4.80. The van der Waals surface area contributed by atoms with Crippen molar-refractivity contribution in [2.24, 2.45) is 0 Å². The van der Waals surface area contributed by atoms with E-state index in [-0.39, 0.29) is 11.5 Å². The van der Waals surface area contributed by atoms with Crippen LogP contribution in [0.2, 0.25) is 0 Å². The van der Waals surface area contributed by atoms with Gasteiger partial charge in [-0.15, -0.1) is 0 Å². The van der Waals surface area contributed by atoms with E-state index in [0.717, 1.165) is 5.56 Å². The molecule has 0 radical (unpaired) electrons. The normalized spacial score (nSPS) is 22.3. The minimum absolute atomic E-state index is 0.0613. The standard InChI is InChI=1S/C17H23NO5S/c1-12(2)13-4-6-14(7-5-13)16(20)23-10-15(19)18-17(3)8-9-24(21,22)11-17/h4-7,12H,8-11H2,1-3H3,(H,18,19). The maximum Gasteiger partial charge on any atom is 0.338 e. The zero-order valence-electron chi connectivity index (χ0n) is 14.2. The van der Waals surface area contributed by atoms with Crippen molar-refractivity contribution in [3.8, 4) is 0 Å². The second-order valence-electron chi connectivity index (χ2n) is 6.80. The van der Waals surface area contributed by atoms with Crippen LogP contribution in [0.25, 0.3) is 0 Å². The highest BCUT2D eigenvalue weighted by Gasteiger charge is 2.39. The Morgan fingerprint density at radius 2 is 1.88 bits per heavy atom. The fourth-order valence-corrected chi connectivity index (χ4v) is 4.79. The van der Waals surface area contributed by atoms with Crippen LogP contribution in [0.4, 0.5) is 0 Å². The number of hydrogen-bond acceptors (Lipinski definition) is 5. The molecule has 24 heavy (non-hydrogen) atoms. The zero-order valence-corrected chi connectivity index (χ0v) is 15.0. The van der Waals surface area contributed by atoms with Gasteiger partial charge in [0.2, 0.25) is 0 Å². The largest absolute Gasteiger partial charge is 0.452 e. The van der Waals surface area contributed by atoms with Crippen molar-refractivity contribution in [3.63, 3.8) is 0 Å². The first-order valence-corrected chi connectivity index (χ1v) is 9.71. The predicted molar refractivity (Wildman–Crippen MR) is 90.6 cm³/mol. The minimum Gasteiger partial charge on any atom is -0.452 e. The van der Waals surface area contributed by atoms with Gasteiger partial charge in [0.15, 0.2) is 16.4 Å². The van der Waals surface area contributed by atoms with Gasteiger partial charge in [-0.3, -0.25) is 4.79 Å². The Hall–Kier alpha value is -1.89. The number of carbonyl (C=O) groups is 2. The van der Waals surface area contributed by atoms with Gasteiger partial charge in [0.25, 0.3) is 5.91 Å². The number of rotatable bonds is 5. The summed E-state index contributed by atoms with van der Waals surface area (Å²) in [6.07, 6.45) is 0.367. The SMILES string of the molecule is CC(C)c1ccc(C(=O)OCC(=O)NC2(C)CCS(=O)(=O)C2)cc1. The quantitative estimate of drug-likeness (QED) is 0.813. The number of carbonyl (C=O) groups excluding carboxylic acids is 2. The van der Waals surface area contributed by atoms with E-state index in [1.54, 1.807) is 19.1 Å². The number of amides is 1. The van der Waals surface area contributed by atoms with Crippen LogP contribution in [0.1, 0.15) is 49.0 Å². The lowest BCUT2D eigenvalue weighted by atomic mass is 10.0. The van der Waals surface area contributed by atoms with Gasteiger partial charge in [-0.1, -0.05) is 26.0 Å². The molecule has 1 aliphatic rings. The van der Waals surface area contributed by atoms with Gasteiger partial charge >= 0.3 is 5.97 Å². The van der Waals surface area contributed by atoms with Crippen LogP contribution < -0.4 is 5.32 Å². The van der Waals surface area contributed by atoms with Gasteiger partial charge < -0.3 is 10.1 Å². The van der Waals surface area contributed by atoms with Crippen molar-refractivity contribution >= 4 is 21.7 Å². The maximum absolute atomic E-state index is 12.0. The second kappa shape index (κ2) is 6.93. The Kier molecular flexibility index (Phi) is 5.32. The average molecular weight is 353 g/mol. The lowest BCUT2D eigenvalue weighted by molar-refractivity contribution is -0.125. The molecular formula is C17H23NO5S. The van der Waals surface area contributed by atoms with Crippen molar-refractivity contribution < 1.29 is 22.7 Å². The van der Waals surface area contributed by atoms with E-state index >= 15 is 0 Å². The first-order chi connectivity index (χ1) is 11.1.